The summed E-state index contributed by atoms with van der Waals surface area (Å²) < 4.78 is 4.83. The van der Waals surface area contributed by atoms with Crippen molar-refractivity contribution < 1.29 is 9.53 Å². The van der Waals surface area contributed by atoms with Crippen molar-refractivity contribution in [3.05, 3.63) is 47.0 Å². The van der Waals surface area contributed by atoms with Gasteiger partial charge in [0.05, 0.1) is 7.11 Å². The molecule has 0 aliphatic heterocycles. The average Bonchev–Trinajstić information content (AvgIpc) is 2.39. The van der Waals surface area contributed by atoms with Crippen molar-refractivity contribution in [1.29, 1.82) is 0 Å². The van der Waals surface area contributed by atoms with E-state index in [0.29, 0.717) is 0 Å². The third-order valence-corrected chi connectivity index (χ3v) is 2.98. The van der Waals surface area contributed by atoms with E-state index in [1.54, 1.807) is 0 Å². The van der Waals surface area contributed by atoms with E-state index in [0.717, 1.165) is 30.4 Å². The van der Waals surface area contributed by atoms with Gasteiger partial charge in [0.2, 0.25) is 0 Å². The Labute approximate surface area is 115 Å². The smallest absolute Gasteiger partial charge is 0.333 e. The molecule has 0 N–H and O–H groups in total. The molecule has 2 nitrogen and oxygen atoms in total. The lowest BCUT2D eigenvalue weighted by molar-refractivity contribution is -0.136. The topological polar surface area (TPSA) is 26.3 Å². The van der Waals surface area contributed by atoms with Crippen molar-refractivity contribution in [2.45, 2.75) is 33.1 Å². The maximum absolute atomic E-state index is 11.7. The Balaban J connectivity index is 0.00000289. The maximum Gasteiger partial charge on any atom is 0.333 e. The van der Waals surface area contributed by atoms with Crippen molar-refractivity contribution in [3.8, 4) is 0 Å². The zero-order valence-corrected chi connectivity index (χ0v) is 12.0. The summed E-state index contributed by atoms with van der Waals surface area (Å²) in [5.41, 5.74) is 3.18. The number of halogens is 1. The number of rotatable bonds is 5. The van der Waals surface area contributed by atoms with Crippen molar-refractivity contribution in [2.75, 3.05) is 7.11 Å². The number of benzene rings is 1. The van der Waals surface area contributed by atoms with Gasteiger partial charge in [-0.15, -0.1) is 12.4 Å². The Hall–Kier alpha value is -1.28. The van der Waals surface area contributed by atoms with E-state index in [1.165, 1.54) is 12.7 Å². The number of esters is 1. The van der Waals surface area contributed by atoms with Crippen LogP contribution in [0.3, 0.4) is 0 Å². The molecule has 0 atom stereocenters. The lowest BCUT2D eigenvalue weighted by Crippen LogP contribution is -2.08. The van der Waals surface area contributed by atoms with Crippen molar-refractivity contribution in [1.82, 2.24) is 0 Å². The number of carbonyl (C=O) groups is 1. The second-order valence-corrected chi connectivity index (χ2v) is 4.09. The molecule has 0 heterocycles. The van der Waals surface area contributed by atoms with Crippen LogP contribution in [0.25, 0.3) is 0 Å². The van der Waals surface area contributed by atoms with Crippen LogP contribution in [0.1, 0.15) is 32.3 Å². The van der Waals surface area contributed by atoms with E-state index in [9.17, 15) is 4.79 Å². The molecule has 3 heteroatoms. The van der Waals surface area contributed by atoms with Crippen LogP contribution < -0.4 is 0 Å². The van der Waals surface area contributed by atoms with E-state index < -0.39 is 0 Å². The van der Waals surface area contributed by atoms with Crippen LogP contribution in [-0.2, 0) is 16.0 Å². The Morgan fingerprint density at radius 2 is 1.83 bits per heavy atom. The number of methoxy groups -OCH3 is 1. The van der Waals surface area contributed by atoms with E-state index in [2.05, 4.69) is 19.1 Å². The normalized spacial score (nSPS) is 11.3. The molecule has 1 aromatic rings. The number of allylic oxidation sites excluding steroid dienone is 1. The van der Waals surface area contributed by atoms with Crippen LogP contribution in [0.15, 0.2) is 41.5 Å². The van der Waals surface area contributed by atoms with Gasteiger partial charge < -0.3 is 4.74 Å². The molecule has 0 bridgehead atoms. The first-order valence-corrected chi connectivity index (χ1v) is 5.99. The van der Waals surface area contributed by atoms with Crippen LogP contribution >= 0.6 is 12.4 Å². The van der Waals surface area contributed by atoms with Gasteiger partial charge in [0.25, 0.3) is 0 Å². The van der Waals surface area contributed by atoms with E-state index in [-0.39, 0.29) is 18.4 Å². The van der Waals surface area contributed by atoms with Crippen molar-refractivity contribution in [3.63, 3.8) is 0 Å². The third-order valence-electron chi connectivity index (χ3n) is 2.98. The van der Waals surface area contributed by atoms with Gasteiger partial charge in [-0.05, 0) is 31.7 Å². The van der Waals surface area contributed by atoms with Crippen LogP contribution in [0.5, 0.6) is 0 Å². The summed E-state index contributed by atoms with van der Waals surface area (Å²) in [4.78, 5) is 11.7. The van der Waals surface area contributed by atoms with Gasteiger partial charge in [0, 0.05) is 5.57 Å². The van der Waals surface area contributed by atoms with Crippen LogP contribution in [0.2, 0.25) is 0 Å². The molecule has 0 fully saturated rings. The Morgan fingerprint density at radius 1 is 1.22 bits per heavy atom. The first-order chi connectivity index (χ1) is 8.19. The summed E-state index contributed by atoms with van der Waals surface area (Å²) >= 11 is 0. The molecule has 1 rings (SSSR count). The highest BCUT2D eigenvalue weighted by Crippen LogP contribution is 2.16. The predicted molar refractivity (Wildman–Crippen MR) is 77.0 cm³/mol. The molecule has 0 aliphatic rings. The maximum atomic E-state index is 11.7. The van der Waals surface area contributed by atoms with Gasteiger partial charge in [-0.3, -0.25) is 0 Å². The SMILES string of the molecule is CCC(C)=C(CCc1ccccc1)C(=O)OC.Cl. The molecule has 0 amide bonds. The van der Waals surface area contributed by atoms with Crippen molar-refractivity contribution in [2.24, 2.45) is 0 Å². The molecule has 100 valence electrons. The van der Waals surface area contributed by atoms with Crippen molar-refractivity contribution >= 4 is 18.4 Å². The predicted octanol–water partition coefficient (Wildman–Crippen LogP) is 3.94. The molecule has 0 saturated carbocycles. The molecule has 1 aromatic carbocycles. The highest BCUT2D eigenvalue weighted by Gasteiger charge is 2.12. The lowest BCUT2D eigenvalue weighted by atomic mass is 9.99. The molecule has 0 unspecified atom stereocenters. The number of aryl methyl sites for hydroxylation is 1. The number of hydrogen-bond acceptors (Lipinski definition) is 2. The second kappa shape index (κ2) is 8.76. The summed E-state index contributed by atoms with van der Waals surface area (Å²) in [6.07, 6.45) is 2.51. The highest BCUT2D eigenvalue weighted by atomic mass is 35.5. The molecule has 0 radical (unpaired) electrons. The fourth-order valence-corrected chi connectivity index (χ4v) is 1.74. The van der Waals surface area contributed by atoms with Gasteiger partial charge in [-0.2, -0.15) is 0 Å². The van der Waals surface area contributed by atoms with Crippen LogP contribution in [-0.4, -0.2) is 13.1 Å². The second-order valence-electron chi connectivity index (χ2n) is 4.09. The zero-order chi connectivity index (χ0) is 12.7. The fourth-order valence-electron chi connectivity index (χ4n) is 1.74. The first kappa shape index (κ1) is 16.7. The van der Waals surface area contributed by atoms with E-state index in [1.807, 2.05) is 25.1 Å². The summed E-state index contributed by atoms with van der Waals surface area (Å²) in [5.74, 6) is -0.194. The third kappa shape index (κ3) is 4.92. The highest BCUT2D eigenvalue weighted by molar-refractivity contribution is 5.89. The van der Waals surface area contributed by atoms with Gasteiger partial charge >= 0.3 is 5.97 Å². The Kier molecular flexibility index (Phi) is 8.14. The number of carbonyl (C=O) groups excluding carboxylic acids is 1. The van der Waals surface area contributed by atoms with Gasteiger partial charge in [-0.25, -0.2) is 4.79 Å². The zero-order valence-electron chi connectivity index (χ0n) is 11.2. The molecule has 0 aliphatic carbocycles. The average molecular weight is 269 g/mol. The Bertz CT molecular complexity index is 396. The summed E-state index contributed by atoms with van der Waals surface area (Å²) in [6.45, 7) is 4.05. The minimum atomic E-state index is -0.194. The van der Waals surface area contributed by atoms with Crippen LogP contribution in [0, 0.1) is 0 Å². The Morgan fingerprint density at radius 3 is 2.33 bits per heavy atom. The number of ether oxygens (including phenoxy) is 1. The van der Waals surface area contributed by atoms with Gasteiger partial charge in [0.1, 0.15) is 0 Å². The fraction of sp³-hybridized carbons (Fsp3) is 0.400. The molecule has 0 saturated heterocycles. The lowest BCUT2D eigenvalue weighted by Gasteiger charge is -2.09. The van der Waals surface area contributed by atoms with E-state index >= 15 is 0 Å². The summed E-state index contributed by atoms with van der Waals surface area (Å²) in [6, 6.07) is 10.2. The summed E-state index contributed by atoms with van der Waals surface area (Å²) in [7, 11) is 1.44. The first-order valence-electron chi connectivity index (χ1n) is 5.99. The number of hydrogen-bond donors (Lipinski definition) is 0. The standard InChI is InChI=1S/C15H20O2.ClH/c1-4-12(2)14(15(16)17-3)11-10-13-8-6-5-7-9-13;/h5-9H,4,10-11H2,1-3H3;1H. The summed E-state index contributed by atoms with van der Waals surface area (Å²) in [5, 5.41) is 0. The largest absolute Gasteiger partial charge is 0.466 e. The molecular formula is C15H21ClO2. The monoisotopic (exact) mass is 268 g/mol. The quantitative estimate of drug-likeness (QED) is 0.597. The van der Waals surface area contributed by atoms with Crippen LogP contribution in [0.4, 0.5) is 0 Å². The molecular weight excluding hydrogens is 248 g/mol. The molecule has 0 spiro atoms. The van der Waals surface area contributed by atoms with Gasteiger partial charge in [-0.1, -0.05) is 42.8 Å². The molecule has 18 heavy (non-hydrogen) atoms. The molecule has 0 aromatic heterocycles. The minimum Gasteiger partial charge on any atom is -0.466 e. The van der Waals surface area contributed by atoms with Gasteiger partial charge in [0.15, 0.2) is 0 Å². The minimum absolute atomic E-state index is 0. The van der Waals surface area contributed by atoms with E-state index in [4.69, 9.17) is 4.74 Å².